The van der Waals surface area contributed by atoms with Gasteiger partial charge in [0.2, 0.25) is 0 Å². The highest BCUT2D eigenvalue weighted by Crippen LogP contribution is 2.02. The van der Waals surface area contributed by atoms with E-state index in [-0.39, 0.29) is 0 Å². The van der Waals surface area contributed by atoms with E-state index < -0.39 is 0 Å². The third-order valence-electron chi connectivity index (χ3n) is 2.00. The first kappa shape index (κ1) is 11.1. The summed E-state index contributed by atoms with van der Waals surface area (Å²) in [5, 5.41) is 3.28. The van der Waals surface area contributed by atoms with Gasteiger partial charge in [0.25, 0.3) is 0 Å². The van der Waals surface area contributed by atoms with Gasteiger partial charge in [-0.1, -0.05) is 42.0 Å². The van der Waals surface area contributed by atoms with Crippen LogP contribution in [0.2, 0.25) is 0 Å². The first-order chi connectivity index (χ1) is 6.68. The minimum atomic E-state index is 0.571. The predicted molar refractivity (Wildman–Crippen MR) is 64.3 cm³/mol. The van der Waals surface area contributed by atoms with Gasteiger partial charge in [-0.3, -0.25) is 0 Å². The zero-order chi connectivity index (χ0) is 10.4. The van der Waals surface area contributed by atoms with Crippen LogP contribution in [0.3, 0.4) is 0 Å². The van der Waals surface area contributed by atoms with Crippen molar-refractivity contribution >= 4 is 17.2 Å². The van der Waals surface area contributed by atoms with E-state index in [4.69, 9.17) is 18.0 Å². The second-order valence-corrected chi connectivity index (χ2v) is 3.90. The van der Waals surface area contributed by atoms with Gasteiger partial charge >= 0.3 is 0 Å². The van der Waals surface area contributed by atoms with Gasteiger partial charge in [-0.15, -0.1) is 0 Å². The molecule has 0 atom stereocenters. The summed E-state index contributed by atoms with van der Waals surface area (Å²) < 4.78 is 0. The molecule has 76 valence electrons. The lowest BCUT2D eigenvalue weighted by molar-refractivity contribution is 0.705. The summed E-state index contributed by atoms with van der Waals surface area (Å²) in [6.07, 6.45) is 0.765. The number of hydrogen-bond donors (Lipinski definition) is 2. The molecular weight excluding hydrogens is 192 g/mol. The smallest absolute Gasteiger partial charge is 0.0740 e. The summed E-state index contributed by atoms with van der Waals surface area (Å²) in [7, 11) is 0. The normalized spacial score (nSPS) is 10.1. The molecule has 14 heavy (non-hydrogen) atoms. The van der Waals surface area contributed by atoms with Crippen molar-refractivity contribution < 1.29 is 0 Å². The topological polar surface area (TPSA) is 38.0 Å². The molecular formula is C11H16N2S. The van der Waals surface area contributed by atoms with Gasteiger partial charge in [-0.2, -0.15) is 0 Å². The molecule has 2 nitrogen and oxygen atoms in total. The zero-order valence-corrected chi connectivity index (χ0v) is 9.23. The Hall–Kier alpha value is -0.930. The van der Waals surface area contributed by atoms with Crippen LogP contribution in [-0.2, 0) is 6.54 Å². The first-order valence-corrected chi connectivity index (χ1v) is 5.14. The molecule has 0 aromatic heterocycles. The molecule has 1 rings (SSSR count). The van der Waals surface area contributed by atoms with Gasteiger partial charge in [-0.25, -0.2) is 0 Å². The molecule has 0 saturated carbocycles. The van der Waals surface area contributed by atoms with Crippen LogP contribution >= 0.6 is 12.2 Å². The summed E-state index contributed by atoms with van der Waals surface area (Å²) in [4.78, 5) is 0.571. The fourth-order valence-corrected chi connectivity index (χ4v) is 1.25. The van der Waals surface area contributed by atoms with Crippen LogP contribution in [0.1, 0.15) is 17.5 Å². The standard InChI is InChI=1S/C11H16N2S/c1-9-2-4-10(5-3-9)8-13-7-6-11(12)14/h2-5,13H,6-8H2,1H3,(H2,12,14). The molecule has 1 aromatic carbocycles. The monoisotopic (exact) mass is 208 g/mol. The van der Waals surface area contributed by atoms with Crippen LogP contribution < -0.4 is 11.1 Å². The van der Waals surface area contributed by atoms with E-state index >= 15 is 0 Å². The molecule has 0 unspecified atom stereocenters. The molecule has 0 amide bonds. The number of thiocarbonyl (C=S) groups is 1. The van der Waals surface area contributed by atoms with E-state index in [1.54, 1.807) is 0 Å². The molecule has 1 aromatic rings. The lowest BCUT2D eigenvalue weighted by Crippen LogP contribution is -2.20. The van der Waals surface area contributed by atoms with E-state index in [1.807, 2.05) is 0 Å². The maximum Gasteiger partial charge on any atom is 0.0740 e. The van der Waals surface area contributed by atoms with Crippen LogP contribution in [0.15, 0.2) is 24.3 Å². The van der Waals surface area contributed by atoms with Crippen molar-refractivity contribution in [2.45, 2.75) is 19.9 Å². The summed E-state index contributed by atoms with van der Waals surface area (Å²) in [5.74, 6) is 0. The van der Waals surface area contributed by atoms with Crippen LogP contribution in [0.5, 0.6) is 0 Å². The number of hydrogen-bond acceptors (Lipinski definition) is 2. The van der Waals surface area contributed by atoms with Crippen molar-refractivity contribution in [3.05, 3.63) is 35.4 Å². The van der Waals surface area contributed by atoms with Gasteiger partial charge in [0, 0.05) is 19.5 Å². The lowest BCUT2D eigenvalue weighted by atomic mass is 10.1. The first-order valence-electron chi connectivity index (χ1n) is 4.73. The van der Waals surface area contributed by atoms with Crippen molar-refractivity contribution in [1.29, 1.82) is 0 Å². The Balaban J connectivity index is 2.25. The second kappa shape index (κ2) is 5.73. The molecule has 3 N–H and O–H groups in total. The largest absolute Gasteiger partial charge is 0.393 e. The van der Waals surface area contributed by atoms with Gasteiger partial charge < -0.3 is 11.1 Å². The quantitative estimate of drug-likeness (QED) is 0.572. The van der Waals surface area contributed by atoms with E-state index in [2.05, 4.69) is 36.5 Å². The molecule has 0 aliphatic carbocycles. The molecule has 0 bridgehead atoms. The Morgan fingerprint density at radius 3 is 2.57 bits per heavy atom. The molecule has 0 spiro atoms. The highest BCUT2D eigenvalue weighted by atomic mass is 32.1. The summed E-state index contributed by atoms with van der Waals surface area (Å²) in [5.41, 5.74) is 7.96. The third kappa shape index (κ3) is 4.35. The maximum atomic E-state index is 5.38. The van der Waals surface area contributed by atoms with Crippen molar-refractivity contribution in [3.8, 4) is 0 Å². The second-order valence-electron chi connectivity index (χ2n) is 3.38. The van der Waals surface area contributed by atoms with E-state index in [0.717, 1.165) is 19.5 Å². The molecule has 0 saturated heterocycles. The molecule has 3 heteroatoms. The predicted octanol–water partition coefficient (Wildman–Crippen LogP) is 1.76. The van der Waals surface area contributed by atoms with E-state index in [1.165, 1.54) is 11.1 Å². The number of aryl methyl sites for hydroxylation is 1. The molecule has 0 aliphatic heterocycles. The number of benzene rings is 1. The molecule has 0 radical (unpaired) electrons. The van der Waals surface area contributed by atoms with Crippen molar-refractivity contribution in [3.63, 3.8) is 0 Å². The Morgan fingerprint density at radius 2 is 2.00 bits per heavy atom. The number of nitrogens with two attached hydrogens (primary N) is 1. The van der Waals surface area contributed by atoms with Crippen LogP contribution in [0, 0.1) is 6.92 Å². The summed E-state index contributed by atoms with van der Waals surface area (Å²) in [6, 6.07) is 8.49. The fourth-order valence-electron chi connectivity index (χ4n) is 1.15. The maximum absolute atomic E-state index is 5.38. The average Bonchev–Trinajstić information content (AvgIpc) is 2.15. The summed E-state index contributed by atoms with van der Waals surface area (Å²) in [6.45, 7) is 3.82. The van der Waals surface area contributed by atoms with Gasteiger partial charge in [-0.05, 0) is 12.5 Å². The fraction of sp³-hybridized carbons (Fsp3) is 0.364. The van der Waals surface area contributed by atoms with E-state index in [0.29, 0.717) is 4.99 Å². The van der Waals surface area contributed by atoms with E-state index in [9.17, 15) is 0 Å². The number of rotatable bonds is 5. The van der Waals surface area contributed by atoms with Crippen molar-refractivity contribution in [2.75, 3.05) is 6.54 Å². The summed E-state index contributed by atoms with van der Waals surface area (Å²) >= 11 is 4.78. The Labute approximate surface area is 90.5 Å². The van der Waals surface area contributed by atoms with Crippen molar-refractivity contribution in [1.82, 2.24) is 5.32 Å². The number of nitrogens with one attached hydrogen (secondary N) is 1. The van der Waals surface area contributed by atoms with Crippen molar-refractivity contribution in [2.24, 2.45) is 5.73 Å². The Bertz CT molecular complexity index is 293. The molecule has 0 heterocycles. The minimum absolute atomic E-state index is 0.571. The Kier molecular flexibility index (Phi) is 4.56. The lowest BCUT2D eigenvalue weighted by Gasteiger charge is -2.04. The van der Waals surface area contributed by atoms with Crippen LogP contribution in [0.4, 0.5) is 0 Å². The highest BCUT2D eigenvalue weighted by Gasteiger charge is 1.92. The van der Waals surface area contributed by atoms with Gasteiger partial charge in [0.15, 0.2) is 0 Å². The highest BCUT2D eigenvalue weighted by molar-refractivity contribution is 7.80. The molecule has 0 fully saturated rings. The minimum Gasteiger partial charge on any atom is -0.393 e. The zero-order valence-electron chi connectivity index (χ0n) is 8.42. The van der Waals surface area contributed by atoms with Gasteiger partial charge in [0.05, 0.1) is 4.99 Å². The Morgan fingerprint density at radius 1 is 1.36 bits per heavy atom. The van der Waals surface area contributed by atoms with Crippen LogP contribution in [0.25, 0.3) is 0 Å². The SMILES string of the molecule is Cc1ccc(CNCCC(N)=S)cc1. The molecule has 0 aliphatic rings. The van der Waals surface area contributed by atoms with Gasteiger partial charge in [0.1, 0.15) is 0 Å². The van der Waals surface area contributed by atoms with Crippen LogP contribution in [-0.4, -0.2) is 11.5 Å². The third-order valence-corrected chi connectivity index (χ3v) is 2.20. The average molecular weight is 208 g/mol.